The van der Waals surface area contributed by atoms with Gasteiger partial charge in [0.25, 0.3) is 5.91 Å². The van der Waals surface area contributed by atoms with Crippen LogP contribution in [0.1, 0.15) is 11.1 Å². The van der Waals surface area contributed by atoms with E-state index in [1.54, 1.807) is 37.5 Å². The van der Waals surface area contributed by atoms with E-state index in [9.17, 15) is 9.59 Å². The van der Waals surface area contributed by atoms with Crippen LogP contribution in [-0.2, 0) is 14.3 Å². The molecule has 1 N–H and O–H groups in total. The van der Waals surface area contributed by atoms with Crippen molar-refractivity contribution in [1.29, 1.82) is 0 Å². The summed E-state index contributed by atoms with van der Waals surface area (Å²) in [5, 5.41) is 2.64. The van der Waals surface area contributed by atoms with Crippen LogP contribution in [0.2, 0.25) is 0 Å². The highest BCUT2D eigenvalue weighted by atomic mass is 16.5. The Morgan fingerprint density at radius 1 is 1.08 bits per heavy atom. The third-order valence-corrected chi connectivity index (χ3v) is 3.31. The summed E-state index contributed by atoms with van der Waals surface area (Å²) in [7, 11) is 1.57. The van der Waals surface area contributed by atoms with E-state index in [1.165, 1.54) is 6.08 Å². The zero-order valence-electron chi connectivity index (χ0n) is 13.6. The first-order valence-electron chi connectivity index (χ1n) is 7.43. The van der Waals surface area contributed by atoms with Crippen LogP contribution in [0.15, 0.2) is 54.6 Å². The number of carbonyl (C=O) groups excluding carboxylic acids is 2. The molecule has 2 aromatic carbocycles. The Morgan fingerprint density at radius 3 is 2.46 bits per heavy atom. The molecule has 0 fully saturated rings. The second-order valence-corrected chi connectivity index (χ2v) is 5.07. The predicted octanol–water partition coefficient (Wildman–Crippen LogP) is 3.20. The van der Waals surface area contributed by atoms with Gasteiger partial charge in [0.15, 0.2) is 6.61 Å². The second-order valence-electron chi connectivity index (χ2n) is 5.07. The van der Waals surface area contributed by atoms with Crippen LogP contribution in [0.4, 0.5) is 5.69 Å². The number of hydrogen-bond acceptors (Lipinski definition) is 4. The summed E-state index contributed by atoms with van der Waals surface area (Å²) < 4.78 is 9.96. The van der Waals surface area contributed by atoms with Gasteiger partial charge in [-0.2, -0.15) is 0 Å². The highest BCUT2D eigenvalue weighted by molar-refractivity contribution is 5.94. The molecule has 0 bridgehead atoms. The number of esters is 1. The summed E-state index contributed by atoms with van der Waals surface area (Å²) in [4.78, 5) is 23.4. The van der Waals surface area contributed by atoms with Crippen molar-refractivity contribution in [3.8, 4) is 5.75 Å². The zero-order chi connectivity index (χ0) is 17.4. The summed E-state index contributed by atoms with van der Waals surface area (Å²) in [6, 6.07) is 14.5. The van der Waals surface area contributed by atoms with Crippen LogP contribution in [0.3, 0.4) is 0 Å². The van der Waals surface area contributed by atoms with Crippen molar-refractivity contribution < 1.29 is 19.1 Å². The highest BCUT2D eigenvalue weighted by Crippen LogP contribution is 2.14. The second kappa shape index (κ2) is 8.53. The molecule has 0 aliphatic heterocycles. The fourth-order valence-corrected chi connectivity index (χ4v) is 1.99. The SMILES string of the molecule is COc1ccc(NC(=O)COC(=O)/C=C/c2ccccc2C)cc1. The number of ether oxygens (including phenoxy) is 2. The molecule has 0 saturated carbocycles. The number of nitrogens with one attached hydrogen (secondary N) is 1. The van der Waals surface area contributed by atoms with Crippen LogP contribution in [0.5, 0.6) is 5.75 Å². The summed E-state index contributed by atoms with van der Waals surface area (Å²) >= 11 is 0. The van der Waals surface area contributed by atoms with E-state index in [0.717, 1.165) is 11.1 Å². The Kier molecular flexibility index (Phi) is 6.14. The minimum absolute atomic E-state index is 0.344. The number of carbonyl (C=O) groups is 2. The molecule has 2 rings (SSSR count). The topological polar surface area (TPSA) is 64.6 Å². The third-order valence-electron chi connectivity index (χ3n) is 3.31. The van der Waals surface area contributed by atoms with E-state index in [1.807, 2.05) is 31.2 Å². The van der Waals surface area contributed by atoms with Gasteiger partial charge in [0.05, 0.1) is 7.11 Å². The Labute approximate surface area is 140 Å². The molecule has 124 valence electrons. The van der Waals surface area contributed by atoms with Crippen LogP contribution in [-0.4, -0.2) is 25.6 Å². The summed E-state index contributed by atoms with van der Waals surface area (Å²) in [5.41, 5.74) is 2.59. The van der Waals surface area contributed by atoms with Gasteiger partial charge in [0.1, 0.15) is 5.75 Å². The first-order valence-corrected chi connectivity index (χ1v) is 7.43. The lowest BCUT2D eigenvalue weighted by atomic mass is 10.1. The number of anilines is 1. The lowest BCUT2D eigenvalue weighted by Gasteiger charge is -2.06. The first-order chi connectivity index (χ1) is 11.6. The van der Waals surface area contributed by atoms with Crippen molar-refractivity contribution in [2.45, 2.75) is 6.92 Å². The maximum absolute atomic E-state index is 11.8. The van der Waals surface area contributed by atoms with Gasteiger partial charge in [-0.05, 0) is 48.4 Å². The molecule has 5 heteroatoms. The molecule has 0 spiro atoms. The molecular formula is C19H19NO4. The number of methoxy groups -OCH3 is 1. The van der Waals surface area contributed by atoms with Gasteiger partial charge in [-0.25, -0.2) is 4.79 Å². The van der Waals surface area contributed by atoms with Gasteiger partial charge in [-0.1, -0.05) is 24.3 Å². The van der Waals surface area contributed by atoms with Crippen LogP contribution >= 0.6 is 0 Å². The Morgan fingerprint density at radius 2 is 1.79 bits per heavy atom. The van der Waals surface area contributed by atoms with E-state index in [2.05, 4.69) is 5.32 Å². The number of amides is 1. The maximum Gasteiger partial charge on any atom is 0.331 e. The molecule has 1 amide bonds. The predicted molar refractivity (Wildman–Crippen MR) is 92.8 cm³/mol. The fraction of sp³-hybridized carbons (Fsp3) is 0.158. The summed E-state index contributed by atoms with van der Waals surface area (Å²) in [6.07, 6.45) is 2.97. The van der Waals surface area contributed by atoms with E-state index >= 15 is 0 Å². The molecule has 0 aromatic heterocycles. The summed E-state index contributed by atoms with van der Waals surface area (Å²) in [5.74, 6) is -0.276. The quantitative estimate of drug-likeness (QED) is 0.654. The molecule has 24 heavy (non-hydrogen) atoms. The molecule has 0 aliphatic rings. The van der Waals surface area contributed by atoms with Crippen molar-refractivity contribution in [2.24, 2.45) is 0 Å². The monoisotopic (exact) mass is 325 g/mol. The van der Waals surface area contributed by atoms with Gasteiger partial charge in [-0.3, -0.25) is 4.79 Å². The normalized spacial score (nSPS) is 10.4. The van der Waals surface area contributed by atoms with E-state index in [4.69, 9.17) is 9.47 Å². The average molecular weight is 325 g/mol. The van der Waals surface area contributed by atoms with Gasteiger partial charge >= 0.3 is 5.97 Å². The molecule has 0 aliphatic carbocycles. The lowest BCUT2D eigenvalue weighted by molar-refractivity contribution is -0.142. The Bertz CT molecular complexity index is 735. The largest absolute Gasteiger partial charge is 0.497 e. The Balaban J connectivity index is 1.80. The van der Waals surface area contributed by atoms with Crippen LogP contribution in [0, 0.1) is 6.92 Å². The van der Waals surface area contributed by atoms with Crippen LogP contribution < -0.4 is 10.1 Å². The van der Waals surface area contributed by atoms with Crippen LogP contribution in [0.25, 0.3) is 6.08 Å². The smallest absolute Gasteiger partial charge is 0.331 e. The molecule has 0 unspecified atom stereocenters. The van der Waals surface area contributed by atoms with Gasteiger partial charge in [0, 0.05) is 11.8 Å². The zero-order valence-corrected chi connectivity index (χ0v) is 13.6. The minimum atomic E-state index is -0.567. The van der Waals surface area contributed by atoms with Gasteiger partial charge in [0.2, 0.25) is 0 Å². The van der Waals surface area contributed by atoms with Gasteiger partial charge < -0.3 is 14.8 Å². The number of rotatable bonds is 6. The van der Waals surface area contributed by atoms with E-state index in [0.29, 0.717) is 11.4 Å². The summed E-state index contributed by atoms with van der Waals surface area (Å²) in [6.45, 7) is 1.61. The van der Waals surface area contributed by atoms with Crippen molar-refractivity contribution in [3.63, 3.8) is 0 Å². The van der Waals surface area contributed by atoms with E-state index < -0.39 is 11.9 Å². The van der Waals surface area contributed by atoms with Crippen molar-refractivity contribution >= 4 is 23.6 Å². The molecule has 0 atom stereocenters. The maximum atomic E-state index is 11.8. The van der Waals surface area contributed by atoms with E-state index in [-0.39, 0.29) is 6.61 Å². The number of benzene rings is 2. The van der Waals surface area contributed by atoms with Crippen molar-refractivity contribution in [1.82, 2.24) is 0 Å². The first kappa shape index (κ1) is 17.3. The molecule has 0 heterocycles. The van der Waals surface area contributed by atoms with Crippen molar-refractivity contribution in [3.05, 3.63) is 65.7 Å². The van der Waals surface area contributed by atoms with Gasteiger partial charge in [-0.15, -0.1) is 0 Å². The molecule has 2 aromatic rings. The number of hydrogen-bond donors (Lipinski definition) is 1. The minimum Gasteiger partial charge on any atom is -0.497 e. The molecule has 0 saturated heterocycles. The standard InChI is InChI=1S/C19H19NO4/c1-14-5-3-4-6-15(14)7-12-19(22)24-13-18(21)20-16-8-10-17(23-2)11-9-16/h3-12H,13H2,1-2H3,(H,20,21)/b12-7+. The molecule has 0 radical (unpaired) electrons. The third kappa shape index (κ3) is 5.28. The fourth-order valence-electron chi connectivity index (χ4n) is 1.99. The van der Waals surface area contributed by atoms with Crippen molar-refractivity contribution in [2.75, 3.05) is 19.0 Å². The molecular weight excluding hydrogens is 306 g/mol. The number of aryl methyl sites for hydroxylation is 1. The molecule has 5 nitrogen and oxygen atoms in total. The average Bonchev–Trinajstić information content (AvgIpc) is 2.60. The lowest BCUT2D eigenvalue weighted by Crippen LogP contribution is -2.20. The highest BCUT2D eigenvalue weighted by Gasteiger charge is 2.06. The Hall–Kier alpha value is -3.08.